The molecule has 0 bridgehead atoms. The summed E-state index contributed by atoms with van der Waals surface area (Å²) < 4.78 is 5.50. The molecule has 0 saturated carbocycles. The summed E-state index contributed by atoms with van der Waals surface area (Å²) in [5.41, 5.74) is 1.51. The van der Waals surface area contributed by atoms with Gasteiger partial charge in [0.05, 0.1) is 11.4 Å². The molecule has 1 N–H and O–H groups in total. The zero-order chi connectivity index (χ0) is 17.9. The molecule has 1 amide bonds. The number of nitrogens with zero attached hydrogens (tertiary/aromatic N) is 4. The Hall–Kier alpha value is -2.26. The normalized spacial score (nSPS) is 11.5. The molecule has 0 fully saturated rings. The molecule has 0 aliphatic rings. The molecule has 0 atom stereocenters. The summed E-state index contributed by atoms with van der Waals surface area (Å²) in [7, 11) is 0. The standard InChI is InChI=1S/C16H17N5O2S2/c1-16(2,3)11-8-24-14(18-11)19-12(22)9-25-15-21-20-13(23-15)10-6-4-5-7-17-10/h4-8H,9H2,1-3H3,(H,18,19,22). The fourth-order valence-electron chi connectivity index (χ4n) is 1.82. The zero-order valence-corrected chi connectivity index (χ0v) is 15.6. The van der Waals surface area contributed by atoms with Gasteiger partial charge in [0.15, 0.2) is 5.13 Å². The number of anilines is 1. The zero-order valence-electron chi connectivity index (χ0n) is 14.0. The Labute approximate surface area is 153 Å². The average molecular weight is 375 g/mol. The van der Waals surface area contributed by atoms with Crippen molar-refractivity contribution < 1.29 is 9.21 Å². The SMILES string of the molecule is CC(C)(C)c1csc(NC(=O)CSc2nnc(-c3ccccn3)o2)n1. The molecule has 0 unspecified atom stereocenters. The summed E-state index contributed by atoms with van der Waals surface area (Å²) in [6, 6.07) is 5.43. The van der Waals surface area contributed by atoms with Gasteiger partial charge < -0.3 is 9.73 Å². The molecule has 0 aromatic carbocycles. The number of aromatic nitrogens is 4. The first-order valence-corrected chi connectivity index (χ1v) is 9.42. The van der Waals surface area contributed by atoms with Gasteiger partial charge in [-0.1, -0.05) is 38.6 Å². The molecule has 25 heavy (non-hydrogen) atoms. The minimum atomic E-state index is -0.169. The van der Waals surface area contributed by atoms with Gasteiger partial charge in [-0.3, -0.25) is 9.78 Å². The Kier molecular flexibility index (Phi) is 5.14. The lowest BCUT2D eigenvalue weighted by molar-refractivity contribution is -0.113. The van der Waals surface area contributed by atoms with Crippen LogP contribution < -0.4 is 5.32 Å². The van der Waals surface area contributed by atoms with E-state index < -0.39 is 0 Å². The van der Waals surface area contributed by atoms with Crippen LogP contribution in [0.4, 0.5) is 5.13 Å². The van der Waals surface area contributed by atoms with Gasteiger partial charge in [0, 0.05) is 17.0 Å². The van der Waals surface area contributed by atoms with Crippen LogP contribution in [0.25, 0.3) is 11.6 Å². The predicted molar refractivity (Wildman–Crippen MR) is 97.7 cm³/mol. The van der Waals surface area contributed by atoms with E-state index >= 15 is 0 Å². The number of hydrogen-bond acceptors (Lipinski definition) is 8. The molecule has 3 aromatic heterocycles. The van der Waals surface area contributed by atoms with E-state index in [-0.39, 0.29) is 17.1 Å². The molecular formula is C16H17N5O2S2. The molecule has 0 radical (unpaired) electrons. The molecule has 7 nitrogen and oxygen atoms in total. The van der Waals surface area contributed by atoms with Gasteiger partial charge >= 0.3 is 0 Å². The van der Waals surface area contributed by atoms with Gasteiger partial charge in [-0.15, -0.1) is 21.5 Å². The van der Waals surface area contributed by atoms with Crippen LogP contribution in [0, 0.1) is 0 Å². The molecule has 3 heterocycles. The van der Waals surface area contributed by atoms with Crippen molar-refractivity contribution in [1.82, 2.24) is 20.2 Å². The van der Waals surface area contributed by atoms with E-state index in [4.69, 9.17) is 4.42 Å². The minimum Gasteiger partial charge on any atom is -0.410 e. The Morgan fingerprint density at radius 3 is 2.84 bits per heavy atom. The maximum Gasteiger partial charge on any atom is 0.277 e. The van der Waals surface area contributed by atoms with Crippen LogP contribution in [-0.4, -0.2) is 31.8 Å². The van der Waals surface area contributed by atoms with Gasteiger partial charge in [-0.25, -0.2) is 4.98 Å². The van der Waals surface area contributed by atoms with Crippen molar-refractivity contribution in [2.24, 2.45) is 0 Å². The molecular weight excluding hydrogens is 358 g/mol. The summed E-state index contributed by atoms with van der Waals surface area (Å²) in [5.74, 6) is 0.324. The van der Waals surface area contributed by atoms with Crippen LogP contribution in [0.15, 0.2) is 39.4 Å². The first-order chi connectivity index (χ1) is 11.9. The number of thiazole rings is 1. The maximum absolute atomic E-state index is 12.1. The lowest BCUT2D eigenvalue weighted by Crippen LogP contribution is -2.15. The van der Waals surface area contributed by atoms with Crippen LogP contribution >= 0.6 is 23.1 Å². The third kappa shape index (κ3) is 4.64. The molecule has 0 spiro atoms. The lowest BCUT2D eigenvalue weighted by Gasteiger charge is -2.14. The van der Waals surface area contributed by atoms with Crippen molar-refractivity contribution in [3.8, 4) is 11.6 Å². The predicted octanol–water partition coefficient (Wildman–Crippen LogP) is 3.62. The van der Waals surface area contributed by atoms with E-state index in [1.807, 2.05) is 17.5 Å². The van der Waals surface area contributed by atoms with Crippen molar-refractivity contribution in [2.75, 3.05) is 11.1 Å². The van der Waals surface area contributed by atoms with Crippen molar-refractivity contribution in [3.05, 3.63) is 35.5 Å². The van der Waals surface area contributed by atoms with Crippen LogP contribution in [-0.2, 0) is 10.2 Å². The first kappa shape index (κ1) is 17.6. The number of rotatable bonds is 5. The minimum absolute atomic E-state index is 0.0418. The maximum atomic E-state index is 12.1. The number of hydrogen-bond donors (Lipinski definition) is 1. The number of amides is 1. The highest BCUT2D eigenvalue weighted by Crippen LogP contribution is 2.27. The second-order valence-electron chi connectivity index (χ2n) is 6.21. The number of carbonyl (C=O) groups excluding carboxylic acids is 1. The molecule has 0 aliphatic heterocycles. The lowest BCUT2D eigenvalue weighted by atomic mass is 9.93. The number of thioether (sulfide) groups is 1. The Bertz CT molecular complexity index is 855. The van der Waals surface area contributed by atoms with E-state index in [9.17, 15) is 4.79 Å². The summed E-state index contributed by atoms with van der Waals surface area (Å²) in [6.45, 7) is 6.24. The quantitative estimate of drug-likeness (QED) is 0.681. The van der Waals surface area contributed by atoms with Crippen molar-refractivity contribution >= 4 is 34.1 Å². The summed E-state index contributed by atoms with van der Waals surface area (Å²) in [5, 5.41) is 13.5. The fraction of sp³-hybridized carbons (Fsp3) is 0.312. The molecule has 0 aliphatic carbocycles. The molecule has 0 saturated heterocycles. The fourth-order valence-corrected chi connectivity index (χ4v) is 3.34. The third-order valence-corrected chi connectivity index (χ3v) is 4.71. The van der Waals surface area contributed by atoms with E-state index in [0.29, 0.717) is 21.9 Å². The molecule has 9 heteroatoms. The number of pyridine rings is 1. The molecule has 3 rings (SSSR count). The third-order valence-electron chi connectivity index (χ3n) is 3.14. The smallest absolute Gasteiger partial charge is 0.277 e. The van der Waals surface area contributed by atoms with E-state index in [2.05, 4.69) is 46.3 Å². The van der Waals surface area contributed by atoms with Crippen molar-refractivity contribution in [2.45, 2.75) is 31.4 Å². The summed E-state index contributed by atoms with van der Waals surface area (Å²) in [4.78, 5) is 20.6. The topological polar surface area (TPSA) is 93.8 Å². The van der Waals surface area contributed by atoms with Gasteiger partial charge in [0.2, 0.25) is 5.91 Å². The monoisotopic (exact) mass is 375 g/mol. The van der Waals surface area contributed by atoms with Crippen LogP contribution in [0.3, 0.4) is 0 Å². The first-order valence-electron chi connectivity index (χ1n) is 7.55. The van der Waals surface area contributed by atoms with Crippen LogP contribution in [0.2, 0.25) is 0 Å². The number of nitrogens with one attached hydrogen (secondary N) is 1. The Morgan fingerprint density at radius 2 is 2.16 bits per heavy atom. The van der Waals surface area contributed by atoms with Gasteiger partial charge in [0.1, 0.15) is 5.69 Å². The molecule has 130 valence electrons. The van der Waals surface area contributed by atoms with E-state index in [1.54, 1.807) is 12.3 Å². The highest BCUT2D eigenvalue weighted by molar-refractivity contribution is 7.99. The van der Waals surface area contributed by atoms with Crippen LogP contribution in [0.5, 0.6) is 0 Å². The van der Waals surface area contributed by atoms with Crippen molar-refractivity contribution in [3.63, 3.8) is 0 Å². The van der Waals surface area contributed by atoms with E-state index in [0.717, 1.165) is 5.69 Å². The second kappa shape index (κ2) is 7.32. The Morgan fingerprint density at radius 1 is 1.32 bits per heavy atom. The highest BCUT2D eigenvalue weighted by atomic mass is 32.2. The van der Waals surface area contributed by atoms with Gasteiger partial charge in [0.25, 0.3) is 11.1 Å². The Balaban J connectivity index is 1.54. The summed E-state index contributed by atoms with van der Waals surface area (Å²) in [6.07, 6.45) is 1.65. The largest absolute Gasteiger partial charge is 0.410 e. The number of carbonyl (C=O) groups is 1. The molecule has 3 aromatic rings. The highest BCUT2D eigenvalue weighted by Gasteiger charge is 2.18. The van der Waals surface area contributed by atoms with E-state index in [1.165, 1.54) is 23.1 Å². The average Bonchev–Trinajstić information content (AvgIpc) is 3.23. The van der Waals surface area contributed by atoms with Crippen LogP contribution in [0.1, 0.15) is 26.5 Å². The van der Waals surface area contributed by atoms with Gasteiger partial charge in [-0.05, 0) is 12.1 Å². The second-order valence-corrected chi connectivity index (χ2v) is 8.00. The van der Waals surface area contributed by atoms with Crippen molar-refractivity contribution in [1.29, 1.82) is 0 Å². The van der Waals surface area contributed by atoms with Gasteiger partial charge in [-0.2, -0.15) is 0 Å². The summed E-state index contributed by atoms with van der Waals surface area (Å²) >= 11 is 2.59.